The lowest BCUT2D eigenvalue weighted by atomic mass is 9.71. The van der Waals surface area contributed by atoms with Crippen molar-refractivity contribution in [1.29, 1.82) is 0 Å². The molecule has 1 fully saturated rings. The van der Waals surface area contributed by atoms with Crippen molar-refractivity contribution < 1.29 is 9.90 Å². The van der Waals surface area contributed by atoms with Crippen LogP contribution in [0, 0.1) is 5.41 Å². The summed E-state index contributed by atoms with van der Waals surface area (Å²) < 4.78 is 0. The van der Waals surface area contributed by atoms with Gasteiger partial charge in [0.1, 0.15) is 0 Å². The lowest BCUT2D eigenvalue weighted by Gasteiger charge is -2.40. The Morgan fingerprint density at radius 3 is 2.24 bits per heavy atom. The van der Waals surface area contributed by atoms with Crippen molar-refractivity contribution in [3.63, 3.8) is 0 Å². The molecule has 1 aliphatic carbocycles. The first-order chi connectivity index (χ1) is 9.49. The molecule has 124 valence electrons. The second kappa shape index (κ2) is 6.66. The summed E-state index contributed by atoms with van der Waals surface area (Å²) in [5, 5.41) is 16.9. The van der Waals surface area contributed by atoms with Gasteiger partial charge in [0.25, 0.3) is 0 Å². The lowest BCUT2D eigenvalue weighted by Crippen LogP contribution is -2.54. The number of nitrogens with one attached hydrogen (secondary N) is 2. The minimum absolute atomic E-state index is 0.00147. The monoisotopic (exact) mass is 298 g/mol. The number of rotatable bonds is 6. The van der Waals surface area contributed by atoms with Gasteiger partial charge < -0.3 is 15.7 Å². The second-order valence-corrected chi connectivity index (χ2v) is 8.22. The van der Waals surface area contributed by atoms with E-state index in [-0.39, 0.29) is 17.5 Å². The van der Waals surface area contributed by atoms with Crippen LogP contribution in [0.2, 0.25) is 0 Å². The van der Waals surface area contributed by atoms with E-state index in [1.165, 1.54) is 0 Å². The van der Waals surface area contributed by atoms with Gasteiger partial charge in [-0.05, 0) is 58.3 Å². The van der Waals surface area contributed by atoms with Crippen LogP contribution in [0.15, 0.2) is 0 Å². The Balaban J connectivity index is 2.42. The van der Waals surface area contributed by atoms with E-state index in [1.807, 2.05) is 20.8 Å². The summed E-state index contributed by atoms with van der Waals surface area (Å²) in [6.45, 7) is 13.0. The smallest absolute Gasteiger partial charge is 0.237 e. The van der Waals surface area contributed by atoms with Crippen LogP contribution in [0.5, 0.6) is 0 Å². The van der Waals surface area contributed by atoms with E-state index in [0.29, 0.717) is 12.0 Å². The van der Waals surface area contributed by atoms with Gasteiger partial charge in [-0.15, -0.1) is 0 Å². The molecule has 1 rings (SSSR count). The number of hydrogen-bond acceptors (Lipinski definition) is 3. The van der Waals surface area contributed by atoms with E-state index in [0.717, 1.165) is 32.1 Å². The number of carbonyl (C=O) groups excluding carboxylic acids is 1. The SMILES string of the molecule is CCC(C)(C)NC(=O)C(C)NCC1(O)CCC(C)(C)CC1. The van der Waals surface area contributed by atoms with Crippen molar-refractivity contribution in [2.45, 2.75) is 90.8 Å². The molecule has 1 saturated carbocycles. The van der Waals surface area contributed by atoms with Crippen molar-refractivity contribution in [2.24, 2.45) is 5.41 Å². The van der Waals surface area contributed by atoms with E-state index < -0.39 is 5.60 Å². The fourth-order valence-electron chi connectivity index (χ4n) is 2.53. The minimum Gasteiger partial charge on any atom is -0.389 e. The molecule has 1 aliphatic rings. The summed E-state index contributed by atoms with van der Waals surface area (Å²) in [5.74, 6) is 0.00147. The van der Waals surface area contributed by atoms with Gasteiger partial charge in [0, 0.05) is 12.1 Å². The van der Waals surface area contributed by atoms with Crippen molar-refractivity contribution in [1.82, 2.24) is 10.6 Å². The average Bonchev–Trinajstić information content (AvgIpc) is 2.40. The molecule has 3 N–H and O–H groups in total. The zero-order valence-electron chi connectivity index (χ0n) is 14.7. The fourth-order valence-corrected chi connectivity index (χ4v) is 2.53. The topological polar surface area (TPSA) is 61.4 Å². The van der Waals surface area contributed by atoms with Gasteiger partial charge in [-0.25, -0.2) is 0 Å². The highest BCUT2D eigenvalue weighted by atomic mass is 16.3. The zero-order chi connectivity index (χ0) is 16.3. The van der Waals surface area contributed by atoms with Crippen molar-refractivity contribution in [2.75, 3.05) is 6.54 Å². The maximum atomic E-state index is 12.1. The third-order valence-corrected chi connectivity index (χ3v) is 5.01. The zero-order valence-corrected chi connectivity index (χ0v) is 14.7. The highest BCUT2D eigenvalue weighted by Crippen LogP contribution is 2.39. The van der Waals surface area contributed by atoms with E-state index >= 15 is 0 Å². The van der Waals surface area contributed by atoms with Crippen LogP contribution in [-0.2, 0) is 4.79 Å². The second-order valence-electron chi connectivity index (χ2n) is 8.22. The Labute approximate surface area is 130 Å². The number of amides is 1. The van der Waals surface area contributed by atoms with Gasteiger partial charge in [-0.2, -0.15) is 0 Å². The maximum Gasteiger partial charge on any atom is 0.237 e. The molecule has 0 heterocycles. The van der Waals surface area contributed by atoms with Gasteiger partial charge in [0.2, 0.25) is 5.91 Å². The molecular formula is C17H34N2O2. The number of hydrogen-bond donors (Lipinski definition) is 3. The minimum atomic E-state index is -0.662. The largest absolute Gasteiger partial charge is 0.389 e. The summed E-state index contributed by atoms with van der Waals surface area (Å²) in [6, 6.07) is -0.283. The Hall–Kier alpha value is -0.610. The summed E-state index contributed by atoms with van der Waals surface area (Å²) in [4.78, 5) is 12.1. The van der Waals surface area contributed by atoms with Gasteiger partial charge in [-0.3, -0.25) is 4.79 Å². The number of aliphatic hydroxyl groups is 1. The fraction of sp³-hybridized carbons (Fsp3) is 0.941. The van der Waals surface area contributed by atoms with Crippen LogP contribution in [0.25, 0.3) is 0 Å². The highest BCUT2D eigenvalue weighted by molar-refractivity contribution is 5.81. The van der Waals surface area contributed by atoms with Crippen LogP contribution in [0.1, 0.15) is 73.6 Å². The molecule has 4 nitrogen and oxygen atoms in total. The predicted octanol–water partition coefficient (Wildman–Crippen LogP) is 2.60. The Kier molecular flexibility index (Phi) is 5.84. The standard InChI is InChI=1S/C17H34N2O2/c1-7-16(5,6)19-14(20)13(2)18-12-17(21)10-8-15(3,4)9-11-17/h13,18,21H,7-12H2,1-6H3,(H,19,20). The highest BCUT2D eigenvalue weighted by Gasteiger charge is 2.37. The molecule has 0 aromatic carbocycles. The molecule has 0 spiro atoms. The number of carbonyl (C=O) groups is 1. The summed E-state index contributed by atoms with van der Waals surface area (Å²) in [5.41, 5.74) is -0.510. The molecular weight excluding hydrogens is 264 g/mol. The van der Waals surface area contributed by atoms with Gasteiger partial charge in [0.05, 0.1) is 11.6 Å². The van der Waals surface area contributed by atoms with Crippen molar-refractivity contribution in [3.8, 4) is 0 Å². The van der Waals surface area contributed by atoms with E-state index in [4.69, 9.17) is 0 Å². The van der Waals surface area contributed by atoms with E-state index in [2.05, 4.69) is 31.4 Å². The lowest BCUT2D eigenvalue weighted by molar-refractivity contribution is -0.124. The van der Waals surface area contributed by atoms with E-state index in [1.54, 1.807) is 0 Å². The Morgan fingerprint density at radius 2 is 1.76 bits per heavy atom. The first-order valence-corrected chi connectivity index (χ1v) is 8.26. The molecule has 0 aromatic heterocycles. The molecule has 4 heteroatoms. The Bertz CT molecular complexity index is 354. The molecule has 1 amide bonds. The first-order valence-electron chi connectivity index (χ1n) is 8.26. The first kappa shape index (κ1) is 18.4. The molecule has 0 aliphatic heterocycles. The molecule has 21 heavy (non-hydrogen) atoms. The van der Waals surface area contributed by atoms with Crippen LogP contribution < -0.4 is 10.6 Å². The summed E-state index contributed by atoms with van der Waals surface area (Å²) >= 11 is 0. The quantitative estimate of drug-likeness (QED) is 0.706. The molecule has 0 radical (unpaired) electrons. The average molecular weight is 298 g/mol. The molecule has 0 bridgehead atoms. The predicted molar refractivity (Wildman–Crippen MR) is 87.2 cm³/mol. The summed E-state index contributed by atoms with van der Waals surface area (Å²) in [6.07, 6.45) is 4.58. The molecule has 1 atom stereocenters. The summed E-state index contributed by atoms with van der Waals surface area (Å²) in [7, 11) is 0. The van der Waals surface area contributed by atoms with Gasteiger partial charge >= 0.3 is 0 Å². The van der Waals surface area contributed by atoms with Crippen molar-refractivity contribution >= 4 is 5.91 Å². The Morgan fingerprint density at radius 1 is 1.24 bits per heavy atom. The van der Waals surface area contributed by atoms with Gasteiger partial charge in [-0.1, -0.05) is 20.8 Å². The molecule has 0 aromatic rings. The van der Waals surface area contributed by atoms with Crippen molar-refractivity contribution in [3.05, 3.63) is 0 Å². The third-order valence-electron chi connectivity index (χ3n) is 5.01. The normalized spacial score (nSPS) is 22.6. The van der Waals surface area contributed by atoms with Crippen LogP contribution in [0.4, 0.5) is 0 Å². The van der Waals surface area contributed by atoms with E-state index in [9.17, 15) is 9.90 Å². The molecule has 1 unspecified atom stereocenters. The maximum absolute atomic E-state index is 12.1. The van der Waals surface area contributed by atoms with Crippen LogP contribution >= 0.6 is 0 Å². The third kappa shape index (κ3) is 5.95. The molecule has 0 saturated heterocycles. The van der Waals surface area contributed by atoms with Crippen LogP contribution in [-0.4, -0.2) is 34.7 Å². The van der Waals surface area contributed by atoms with Gasteiger partial charge in [0.15, 0.2) is 0 Å². The van der Waals surface area contributed by atoms with Crippen LogP contribution in [0.3, 0.4) is 0 Å².